The molecule has 0 aliphatic rings. The van der Waals surface area contributed by atoms with Crippen molar-refractivity contribution in [2.45, 2.75) is 84.2 Å². The van der Waals surface area contributed by atoms with E-state index in [9.17, 15) is 0 Å². The smallest absolute Gasteiger partial charge is 0.146 e. The van der Waals surface area contributed by atoms with Crippen LogP contribution in [0.25, 0.3) is 0 Å². The Balaban J connectivity index is 3.22. The molecule has 0 fully saturated rings. The quantitative estimate of drug-likeness (QED) is 0.288. The summed E-state index contributed by atoms with van der Waals surface area (Å²) >= 11 is 0. The van der Waals surface area contributed by atoms with Crippen LogP contribution in [0.1, 0.15) is 78.6 Å². The molecule has 0 radical (unpaired) electrons. The lowest BCUT2D eigenvalue weighted by Gasteiger charge is -2.22. The SMILES string of the molecule is CCCCCCCCCC=COCCC(C)(C)O[SiH3]. The Morgan fingerprint density at radius 3 is 2.26 bits per heavy atom. The van der Waals surface area contributed by atoms with E-state index in [2.05, 4.69) is 26.8 Å². The zero-order valence-electron chi connectivity index (χ0n) is 13.5. The summed E-state index contributed by atoms with van der Waals surface area (Å²) in [6.07, 6.45) is 15.7. The lowest BCUT2D eigenvalue weighted by Crippen LogP contribution is -2.24. The molecule has 0 saturated carbocycles. The fraction of sp³-hybridized carbons (Fsp3) is 0.875. The highest BCUT2D eigenvalue weighted by Gasteiger charge is 2.14. The molecule has 0 atom stereocenters. The average Bonchev–Trinajstić information content (AvgIpc) is 2.40. The summed E-state index contributed by atoms with van der Waals surface area (Å²) in [5.41, 5.74) is -0.0153. The number of hydrogen-bond acceptors (Lipinski definition) is 2. The molecule has 0 aliphatic heterocycles. The predicted molar refractivity (Wildman–Crippen MR) is 87.4 cm³/mol. The van der Waals surface area contributed by atoms with Gasteiger partial charge in [0.05, 0.1) is 18.5 Å². The summed E-state index contributed by atoms with van der Waals surface area (Å²) in [4.78, 5) is 0. The summed E-state index contributed by atoms with van der Waals surface area (Å²) in [5, 5.41) is 0. The van der Waals surface area contributed by atoms with E-state index in [-0.39, 0.29) is 5.60 Å². The van der Waals surface area contributed by atoms with Crippen molar-refractivity contribution < 1.29 is 9.16 Å². The van der Waals surface area contributed by atoms with E-state index in [0.717, 1.165) is 29.9 Å². The highest BCUT2D eigenvalue weighted by Crippen LogP contribution is 2.12. The first-order chi connectivity index (χ1) is 9.12. The first-order valence-electron chi connectivity index (χ1n) is 7.94. The summed E-state index contributed by atoms with van der Waals surface area (Å²) in [6, 6.07) is 0. The summed E-state index contributed by atoms with van der Waals surface area (Å²) in [6.45, 7) is 7.25. The van der Waals surface area contributed by atoms with Gasteiger partial charge in [-0.3, -0.25) is 0 Å². The van der Waals surface area contributed by atoms with E-state index < -0.39 is 0 Å². The van der Waals surface area contributed by atoms with Gasteiger partial charge in [-0.2, -0.15) is 0 Å². The van der Waals surface area contributed by atoms with E-state index in [1.165, 1.54) is 44.9 Å². The van der Waals surface area contributed by atoms with Gasteiger partial charge in [0.1, 0.15) is 10.5 Å². The summed E-state index contributed by atoms with van der Waals surface area (Å²) in [5.74, 6) is 0. The maximum Gasteiger partial charge on any atom is 0.146 e. The molecule has 3 heteroatoms. The van der Waals surface area contributed by atoms with E-state index in [4.69, 9.17) is 9.16 Å². The molecule has 0 spiro atoms. The highest BCUT2D eigenvalue weighted by molar-refractivity contribution is 5.98. The fourth-order valence-electron chi connectivity index (χ4n) is 1.83. The summed E-state index contributed by atoms with van der Waals surface area (Å²) in [7, 11) is 0.795. The van der Waals surface area contributed by atoms with E-state index >= 15 is 0 Å². The van der Waals surface area contributed by atoms with Crippen LogP contribution in [0.3, 0.4) is 0 Å². The summed E-state index contributed by atoms with van der Waals surface area (Å²) < 4.78 is 11.0. The molecule has 0 bridgehead atoms. The molecule has 2 nitrogen and oxygen atoms in total. The number of unbranched alkanes of at least 4 members (excludes halogenated alkanes) is 7. The second-order valence-electron chi connectivity index (χ2n) is 5.87. The number of ether oxygens (including phenoxy) is 1. The van der Waals surface area contributed by atoms with Crippen LogP contribution in [-0.4, -0.2) is 22.7 Å². The van der Waals surface area contributed by atoms with Crippen molar-refractivity contribution in [2.24, 2.45) is 0 Å². The van der Waals surface area contributed by atoms with Gasteiger partial charge in [0.15, 0.2) is 0 Å². The second kappa shape index (κ2) is 12.7. The average molecular weight is 287 g/mol. The van der Waals surface area contributed by atoms with Crippen LogP contribution < -0.4 is 0 Å². The molecule has 0 unspecified atom stereocenters. The molecule has 0 rings (SSSR count). The van der Waals surface area contributed by atoms with Crippen molar-refractivity contribution in [1.82, 2.24) is 0 Å². The van der Waals surface area contributed by atoms with Gasteiger partial charge in [-0.25, -0.2) is 0 Å². The minimum Gasteiger partial charge on any atom is -0.501 e. The zero-order chi connectivity index (χ0) is 14.4. The Bertz CT molecular complexity index is 215. The van der Waals surface area contributed by atoms with E-state index in [1.54, 1.807) is 0 Å². The standard InChI is InChI=1S/C16H34O2Si/c1-4-5-6-7-8-9-10-11-12-14-17-15-13-16(2,3)18-19/h12,14H,4-11,13,15H2,1-3,19H3. The second-order valence-corrected chi connectivity index (χ2v) is 6.27. The van der Waals surface area contributed by atoms with Gasteiger partial charge in [0, 0.05) is 6.42 Å². The zero-order valence-corrected chi connectivity index (χ0v) is 15.5. The van der Waals surface area contributed by atoms with Gasteiger partial charge >= 0.3 is 0 Å². The third-order valence-corrected chi connectivity index (χ3v) is 4.65. The Kier molecular flexibility index (Phi) is 12.5. The van der Waals surface area contributed by atoms with Crippen LogP contribution >= 0.6 is 0 Å². The molecule has 114 valence electrons. The fourth-order valence-corrected chi connectivity index (χ4v) is 2.03. The molecule has 0 amide bonds. The largest absolute Gasteiger partial charge is 0.501 e. The molecule has 0 aromatic heterocycles. The van der Waals surface area contributed by atoms with Crippen LogP contribution in [0.4, 0.5) is 0 Å². The topological polar surface area (TPSA) is 18.5 Å². The van der Waals surface area contributed by atoms with Gasteiger partial charge in [-0.05, 0) is 32.8 Å². The number of rotatable bonds is 13. The molecule has 19 heavy (non-hydrogen) atoms. The third-order valence-electron chi connectivity index (χ3n) is 3.54. The predicted octanol–water partition coefficient (Wildman–Crippen LogP) is 4.12. The lowest BCUT2D eigenvalue weighted by molar-refractivity contribution is 0.0815. The van der Waals surface area contributed by atoms with E-state index in [1.807, 2.05) is 6.26 Å². The van der Waals surface area contributed by atoms with Gasteiger partial charge in [0.2, 0.25) is 0 Å². The first-order valence-corrected chi connectivity index (χ1v) is 8.76. The van der Waals surface area contributed by atoms with Crippen LogP contribution in [0.5, 0.6) is 0 Å². The van der Waals surface area contributed by atoms with Gasteiger partial charge in [0.25, 0.3) is 0 Å². The maximum atomic E-state index is 5.49. The van der Waals surface area contributed by atoms with Crippen molar-refractivity contribution in [2.75, 3.05) is 6.61 Å². The van der Waals surface area contributed by atoms with Crippen molar-refractivity contribution in [3.05, 3.63) is 12.3 Å². The third kappa shape index (κ3) is 13.9. The molecule has 0 aromatic rings. The van der Waals surface area contributed by atoms with Gasteiger partial charge < -0.3 is 9.16 Å². The molecule has 0 heterocycles. The van der Waals surface area contributed by atoms with Crippen LogP contribution in [0.15, 0.2) is 12.3 Å². The Labute approximate surface area is 123 Å². The van der Waals surface area contributed by atoms with Crippen LogP contribution in [0, 0.1) is 0 Å². The maximum absolute atomic E-state index is 5.49. The molecule has 0 aliphatic carbocycles. The normalized spacial score (nSPS) is 12.4. The van der Waals surface area contributed by atoms with Gasteiger partial charge in [-0.1, -0.05) is 45.4 Å². The van der Waals surface area contributed by atoms with Crippen molar-refractivity contribution in [3.63, 3.8) is 0 Å². The highest BCUT2D eigenvalue weighted by atomic mass is 28.2. The monoisotopic (exact) mass is 286 g/mol. The van der Waals surface area contributed by atoms with Crippen LogP contribution in [0.2, 0.25) is 0 Å². The van der Waals surface area contributed by atoms with Crippen molar-refractivity contribution in [3.8, 4) is 0 Å². The molecule has 0 saturated heterocycles. The molecular formula is C16H34O2Si. The Hall–Kier alpha value is -0.283. The first kappa shape index (κ1) is 18.7. The molecule has 0 N–H and O–H groups in total. The molecular weight excluding hydrogens is 252 g/mol. The number of allylic oxidation sites excluding steroid dienone is 1. The lowest BCUT2D eigenvalue weighted by atomic mass is 10.1. The van der Waals surface area contributed by atoms with Gasteiger partial charge in [-0.15, -0.1) is 0 Å². The van der Waals surface area contributed by atoms with Crippen molar-refractivity contribution in [1.29, 1.82) is 0 Å². The number of hydrogen-bond donors (Lipinski definition) is 0. The van der Waals surface area contributed by atoms with Crippen molar-refractivity contribution >= 4 is 10.5 Å². The Morgan fingerprint density at radius 1 is 1.00 bits per heavy atom. The molecule has 0 aromatic carbocycles. The van der Waals surface area contributed by atoms with E-state index in [0.29, 0.717) is 0 Å². The van der Waals surface area contributed by atoms with Crippen LogP contribution in [-0.2, 0) is 9.16 Å². The minimum atomic E-state index is -0.0153. The Morgan fingerprint density at radius 2 is 1.63 bits per heavy atom. The minimum absolute atomic E-state index is 0.0153.